The van der Waals surface area contributed by atoms with Gasteiger partial charge in [-0.1, -0.05) is 0 Å². The van der Waals surface area contributed by atoms with Crippen molar-refractivity contribution < 1.29 is 9.53 Å². The minimum Gasteiger partial charge on any atom is -0.496 e. The van der Waals surface area contributed by atoms with Gasteiger partial charge in [-0.25, -0.2) is 9.67 Å². The second kappa shape index (κ2) is 7.08. The molecule has 2 aliphatic rings. The molecule has 1 spiro atoms. The number of anilines is 1. The third-order valence-corrected chi connectivity index (χ3v) is 7.39. The van der Waals surface area contributed by atoms with Crippen LogP contribution in [0.3, 0.4) is 0 Å². The Balaban J connectivity index is 1.66. The summed E-state index contributed by atoms with van der Waals surface area (Å²) in [6.07, 6.45) is 3.77. The number of carbonyl (C=O) groups excluding carboxylic acids is 1. The van der Waals surface area contributed by atoms with Gasteiger partial charge in [-0.15, -0.1) is 11.8 Å². The standard InChI is InChI=1S/C21H25N7O2S/c1-10-7-23-13(11(2)16(10)30-4)8-28-18-15-17(27-28)21(5-6-21)14(24-12(3)29)9-31-19(15)26-20(22)25-18/h7,14H,5-6,8-9H2,1-4H3,(H,24,29)(H2,22,25,26). The first kappa shape index (κ1) is 20.0. The Kier molecular flexibility index (Phi) is 4.58. The minimum absolute atomic E-state index is 0.00342. The van der Waals surface area contributed by atoms with E-state index in [0.29, 0.717) is 12.2 Å². The number of thioether (sulfide) groups is 1. The van der Waals surface area contributed by atoms with Crippen molar-refractivity contribution in [2.45, 2.75) is 56.6 Å². The Bertz CT molecular complexity index is 1220. The van der Waals surface area contributed by atoms with Crippen LogP contribution < -0.4 is 15.8 Å². The van der Waals surface area contributed by atoms with Crippen molar-refractivity contribution in [3.63, 3.8) is 0 Å². The van der Waals surface area contributed by atoms with Crippen molar-refractivity contribution in [2.75, 3.05) is 18.6 Å². The number of nitrogen functional groups attached to an aromatic ring is 1. The van der Waals surface area contributed by atoms with Crippen LogP contribution in [0.1, 0.15) is 42.3 Å². The van der Waals surface area contributed by atoms with Crippen LogP contribution in [0.4, 0.5) is 5.95 Å². The number of hydrogen-bond donors (Lipinski definition) is 2. The Morgan fingerprint density at radius 2 is 2.16 bits per heavy atom. The fourth-order valence-electron chi connectivity index (χ4n) is 4.62. The zero-order valence-corrected chi connectivity index (χ0v) is 18.8. The number of methoxy groups -OCH3 is 1. The molecular formula is C21H25N7O2S. The monoisotopic (exact) mass is 439 g/mol. The normalized spacial score (nSPS) is 18.8. The summed E-state index contributed by atoms with van der Waals surface area (Å²) < 4.78 is 7.44. The maximum atomic E-state index is 11.9. The first-order valence-electron chi connectivity index (χ1n) is 10.3. The van der Waals surface area contributed by atoms with Gasteiger partial charge < -0.3 is 15.8 Å². The molecule has 1 amide bonds. The highest BCUT2D eigenvalue weighted by Crippen LogP contribution is 2.56. The molecule has 1 unspecified atom stereocenters. The lowest BCUT2D eigenvalue weighted by atomic mass is 9.92. The predicted molar refractivity (Wildman–Crippen MR) is 118 cm³/mol. The van der Waals surface area contributed by atoms with E-state index in [9.17, 15) is 4.79 Å². The van der Waals surface area contributed by atoms with E-state index in [1.165, 1.54) is 0 Å². The summed E-state index contributed by atoms with van der Waals surface area (Å²) in [4.78, 5) is 25.6. The van der Waals surface area contributed by atoms with Crippen molar-refractivity contribution in [2.24, 2.45) is 0 Å². The van der Waals surface area contributed by atoms with E-state index < -0.39 is 0 Å². The molecule has 3 aromatic heterocycles. The van der Waals surface area contributed by atoms with Crippen LogP contribution in [0.2, 0.25) is 0 Å². The average Bonchev–Trinajstić information content (AvgIpc) is 3.46. The van der Waals surface area contributed by atoms with Crippen molar-refractivity contribution >= 4 is 34.7 Å². The Hall–Kier alpha value is -2.88. The van der Waals surface area contributed by atoms with E-state index in [1.54, 1.807) is 25.8 Å². The molecule has 0 bridgehead atoms. The zero-order chi connectivity index (χ0) is 21.9. The molecule has 0 saturated heterocycles. The molecule has 1 atom stereocenters. The third kappa shape index (κ3) is 3.12. The van der Waals surface area contributed by atoms with Crippen molar-refractivity contribution in [1.82, 2.24) is 30.0 Å². The average molecular weight is 440 g/mol. The molecule has 5 rings (SSSR count). The lowest BCUT2D eigenvalue weighted by molar-refractivity contribution is -0.119. The Morgan fingerprint density at radius 1 is 1.39 bits per heavy atom. The number of ether oxygens (including phenoxy) is 1. The van der Waals surface area contributed by atoms with Crippen molar-refractivity contribution in [3.05, 3.63) is 28.7 Å². The smallest absolute Gasteiger partial charge is 0.223 e. The van der Waals surface area contributed by atoms with Crippen LogP contribution in [0.15, 0.2) is 11.2 Å². The quantitative estimate of drug-likeness (QED) is 0.593. The summed E-state index contributed by atoms with van der Waals surface area (Å²) >= 11 is 1.60. The van der Waals surface area contributed by atoms with E-state index in [4.69, 9.17) is 15.6 Å². The molecular weight excluding hydrogens is 414 g/mol. The number of pyridine rings is 1. The number of carbonyl (C=O) groups is 1. The largest absolute Gasteiger partial charge is 0.496 e. The van der Waals surface area contributed by atoms with Crippen molar-refractivity contribution in [1.29, 1.82) is 0 Å². The summed E-state index contributed by atoms with van der Waals surface area (Å²) in [5.74, 6) is 1.75. The molecule has 0 aromatic carbocycles. The number of aromatic nitrogens is 5. The van der Waals surface area contributed by atoms with Gasteiger partial charge in [0, 0.05) is 41.5 Å². The third-order valence-electron chi connectivity index (χ3n) is 6.32. The highest BCUT2D eigenvalue weighted by atomic mass is 32.2. The number of hydrogen-bond acceptors (Lipinski definition) is 8. The first-order valence-corrected chi connectivity index (χ1v) is 11.3. The number of amides is 1. The molecule has 0 radical (unpaired) electrons. The maximum absolute atomic E-state index is 11.9. The molecule has 1 aliphatic carbocycles. The zero-order valence-electron chi connectivity index (χ0n) is 18.0. The van der Waals surface area contributed by atoms with E-state index in [0.717, 1.165) is 57.3 Å². The molecule has 4 heterocycles. The van der Waals surface area contributed by atoms with Gasteiger partial charge in [0.15, 0.2) is 5.65 Å². The summed E-state index contributed by atoms with van der Waals surface area (Å²) in [5, 5.41) is 9.93. The first-order chi connectivity index (χ1) is 14.8. The SMILES string of the molecule is COc1c(C)cnc(Cn2nc3c4c(nc(N)nc42)SCC(NC(C)=O)C32CC2)c1C. The van der Waals surface area contributed by atoms with E-state index >= 15 is 0 Å². The summed E-state index contributed by atoms with van der Waals surface area (Å²) in [6, 6.07) is -0.00342. The van der Waals surface area contributed by atoms with Gasteiger partial charge in [-0.3, -0.25) is 9.78 Å². The van der Waals surface area contributed by atoms with Gasteiger partial charge in [-0.05, 0) is 26.7 Å². The minimum atomic E-state index is -0.180. The van der Waals surface area contributed by atoms with E-state index in [1.807, 2.05) is 24.7 Å². The van der Waals surface area contributed by atoms with E-state index in [2.05, 4.69) is 20.3 Å². The molecule has 10 heteroatoms. The van der Waals surface area contributed by atoms with Gasteiger partial charge in [0.25, 0.3) is 0 Å². The van der Waals surface area contributed by atoms with E-state index in [-0.39, 0.29) is 23.3 Å². The number of nitrogens with zero attached hydrogens (tertiary/aromatic N) is 5. The molecule has 9 nitrogen and oxygen atoms in total. The molecule has 162 valence electrons. The summed E-state index contributed by atoms with van der Waals surface area (Å²) in [6.45, 7) is 5.99. The Labute approximate surface area is 184 Å². The van der Waals surface area contributed by atoms with Crippen LogP contribution in [0.25, 0.3) is 11.0 Å². The number of nitrogens with one attached hydrogen (secondary N) is 1. The summed E-state index contributed by atoms with van der Waals surface area (Å²) in [5.41, 5.74) is 10.4. The topological polar surface area (TPSA) is 121 Å². The lowest BCUT2D eigenvalue weighted by Gasteiger charge is -2.24. The summed E-state index contributed by atoms with van der Waals surface area (Å²) in [7, 11) is 1.67. The van der Waals surface area contributed by atoms with Crippen LogP contribution in [-0.2, 0) is 16.8 Å². The van der Waals surface area contributed by atoms with Crippen LogP contribution in [0, 0.1) is 13.8 Å². The lowest BCUT2D eigenvalue weighted by Crippen LogP contribution is -2.44. The number of fused-ring (bicyclic) bond motifs is 1. The number of aryl methyl sites for hydroxylation is 1. The van der Waals surface area contributed by atoms with Gasteiger partial charge in [0.2, 0.25) is 11.9 Å². The van der Waals surface area contributed by atoms with Gasteiger partial charge in [-0.2, -0.15) is 10.1 Å². The van der Waals surface area contributed by atoms with Gasteiger partial charge in [0.05, 0.1) is 30.4 Å². The van der Waals surface area contributed by atoms with Crippen LogP contribution >= 0.6 is 11.8 Å². The number of nitrogens with two attached hydrogens (primary N) is 1. The number of rotatable bonds is 4. The molecule has 31 heavy (non-hydrogen) atoms. The molecule has 1 fully saturated rings. The van der Waals surface area contributed by atoms with Gasteiger partial charge in [0.1, 0.15) is 10.8 Å². The maximum Gasteiger partial charge on any atom is 0.223 e. The predicted octanol–water partition coefficient (Wildman–Crippen LogP) is 2.12. The molecule has 1 aliphatic heterocycles. The molecule has 1 saturated carbocycles. The van der Waals surface area contributed by atoms with Crippen LogP contribution in [0.5, 0.6) is 5.75 Å². The molecule has 3 aromatic rings. The Morgan fingerprint density at radius 3 is 2.84 bits per heavy atom. The highest BCUT2D eigenvalue weighted by molar-refractivity contribution is 7.99. The second-order valence-electron chi connectivity index (χ2n) is 8.36. The fourth-order valence-corrected chi connectivity index (χ4v) is 5.84. The van der Waals surface area contributed by atoms with Crippen molar-refractivity contribution in [3.8, 4) is 5.75 Å². The van der Waals surface area contributed by atoms with Gasteiger partial charge >= 0.3 is 0 Å². The molecule has 3 N–H and O–H groups in total. The fraction of sp³-hybridized carbons (Fsp3) is 0.476. The van der Waals surface area contributed by atoms with Crippen LogP contribution in [-0.4, -0.2) is 49.5 Å². The highest BCUT2D eigenvalue weighted by Gasteiger charge is 2.55. The second-order valence-corrected chi connectivity index (χ2v) is 9.37.